The second-order valence-electron chi connectivity index (χ2n) is 9.69. The predicted octanol–water partition coefficient (Wildman–Crippen LogP) is 4.98. The second kappa shape index (κ2) is 7.85. The molecular weight excluding hydrogens is 390 g/mol. The molecule has 0 spiro atoms. The van der Waals surface area contributed by atoms with Crippen molar-refractivity contribution in [3.05, 3.63) is 45.2 Å². The summed E-state index contributed by atoms with van der Waals surface area (Å²) in [7, 11) is 0. The van der Waals surface area contributed by atoms with E-state index in [1.54, 1.807) is 12.3 Å². The van der Waals surface area contributed by atoms with E-state index in [9.17, 15) is 9.59 Å². The molecule has 0 radical (unpaired) electrons. The Morgan fingerprint density at radius 1 is 1.26 bits per heavy atom. The number of fused-ring (bicyclic) bond motifs is 5. The van der Waals surface area contributed by atoms with E-state index in [1.165, 1.54) is 38.2 Å². The molecular formula is C26H31NO4. The summed E-state index contributed by atoms with van der Waals surface area (Å²) in [6.45, 7) is 7.23. The zero-order valence-electron chi connectivity index (χ0n) is 18.7. The third kappa shape index (κ3) is 3.48. The molecule has 1 unspecified atom stereocenters. The van der Waals surface area contributed by atoms with E-state index in [0.29, 0.717) is 18.4 Å². The summed E-state index contributed by atoms with van der Waals surface area (Å²) < 4.78 is 14.5. The second-order valence-corrected chi connectivity index (χ2v) is 9.69. The van der Waals surface area contributed by atoms with Crippen LogP contribution in [0.3, 0.4) is 0 Å². The number of Topliss-reactive ketones (excluding diaryl/α,β-unsaturated/α-hetero) is 1. The number of pyridine rings is 1. The lowest BCUT2D eigenvalue weighted by Crippen LogP contribution is -2.28. The van der Waals surface area contributed by atoms with Crippen molar-refractivity contribution >= 4 is 5.78 Å². The number of hydrogen-bond acceptors (Lipinski definition) is 4. The molecule has 31 heavy (non-hydrogen) atoms. The summed E-state index contributed by atoms with van der Waals surface area (Å²) >= 11 is 0. The van der Waals surface area contributed by atoms with Crippen LogP contribution < -0.4 is 14.9 Å². The first-order valence-corrected chi connectivity index (χ1v) is 11.7. The van der Waals surface area contributed by atoms with E-state index >= 15 is 0 Å². The van der Waals surface area contributed by atoms with E-state index in [1.807, 2.05) is 0 Å². The van der Waals surface area contributed by atoms with Crippen molar-refractivity contribution in [1.29, 1.82) is 0 Å². The molecule has 2 aromatic rings. The third-order valence-corrected chi connectivity index (χ3v) is 7.24. The molecule has 0 N–H and O–H groups in total. The lowest BCUT2D eigenvalue weighted by Gasteiger charge is -2.34. The fourth-order valence-corrected chi connectivity index (χ4v) is 5.55. The minimum atomic E-state index is -0.205. The van der Waals surface area contributed by atoms with Crippen LogP contribution in [0.4, 0.5) is 0 Å². The highest BCUT2D eigenvalue weighted by Gasteiger charge is 2.33. The lowest BCUT2D eigenvalue weighted by molar-refractivity contribution is 0.101. The maximum absolute atomic E-state index is 12.7. The van der Waals surface area contributed by atoms with Crippen LogP contribution in [-0.2, 0) is 12.8 Å². The number of benzene rings is 1. The number of ketones is 1. The molecule has 1 aromatic carbocycles. The molecule has 3 aliphatic rings. The van der Waals surface area contributed by atoms with Crippen molar-refractivity contribution < 1.29 is 14.3 Å². The first-order chi connectivity index (χ1) is 14.9. The molecule has 3 heterocycles. The highest BCUT2D eigenvalue weighted by atomic mass is 16.5. The number of ether oxygens (including phenoxy) is 2. The highest BCUT2D eigenvalue weighted by molar-refractivity contribution is 5.94. The lowest BCUT2D eigenvalue weighted by atomic mass is 9.84. The van der Waals surface area contributed by atoms with Crippen molar-refractivity contribution in [3.63, 3.8) is 0 Å². The fraction of sp³-hybridized carbons (Fsp3) is 0.538. The smallest absolute Gasteiger partial charge is 0.192 e. The minimum absolute atomic E-state index is 0.183. The van der Waals surface area contributed by atoms with Crippen LogP contribution in [0.15, 0.2) is 23.1 Å². The van der Waals surface area contributed by atoms with Gasteiger partial charge in [-0.2, -0.15) is 0 Å². The Bertz CT molecular complexity index is 1090. The molecule has 1 aromatic heterocycles. The van der Waals surface area contributed by atoms with Gasteiger partial charge in [-0.05, 0) is 49.7 Å². The van der Waals surface area contributed by atoms with Gasteiger partial charge in [0.25, 0.3) is 0 Å². The molecule has 0 amide bonds. The monoisotopic (exact) mass is 421 g/mol. The van der Waals surface area contributed by atoms with E-state index in [4.69, 9.17) is 9.47 Å². The zero-order valence-corrected chi connectivity index (χ0v) is 18.7. The maximum atomic E-state index is 12.7. The summed E-state index contributed by atoms with van der Waals surface area (Å²) in [5.41, 5.74) is 4.43. The largest absolute Gasteiger partial charge is 0.489 e. The standard InChI is InChI=1S/C26H31NO4/c1-15(2)21-10-18-11-24(31-14-17-6-4-5-7-17)26-19(8-9-30-26)25(18)22-12-23(29)20(16(3)28)13-27(21)22/h11-13,15,17,21H,4-10,14H2,1-3H3. The van der Waals surface area contributed by atoms with E-state index in [0.717, 1.165) is 47.8 Å². The maximum Gasteiger partial charge on any atom is 0.192 e. The Kier molecular flexibility index (Phi) is 5.15. The van der Waals surface area contributed by atoms with E-state index < -0.39 is 0 Å². The van der Waals surface area contributed by atoms with Gasteiger partial charge in [-0.1, -0.05) is 26.7 Å². The molecule has 5 rings (SSSR count). The topological polar surface area (TPSA) is 57.5 Å². The summed E-state index contributed by atoms with van der Waals surface area (Å²) in [6, 6.07) is 3.99. The van der Waals surface area contributed by atoms with Gasteiger partial charge in [-0.15, -0.1) is 0 Å². The normalized spacial score (nSPS) is 19.7. The molecule has 0 saturated heterocycles. The van der Waals surface area contributed by atoms with Crippen LogP contribution >= 0.6 is 0 Å². The van der Waals surface area contributed by atoms with Gasteiger partial charge in [0, 0.05) is 35.9 Å². The Labute approximate surface area is 183 Å². The number of carbonyl (C=O) groups excluding carboxylic acids is 1. The summed E-state index contributed by atoms with van der Waals surface area (Å²) in [5, 5.41) is 0. The number of rotatable bonds is 5. The Balaban J connectivity index is 1.63. The van der Waals surface area contributed by atoms with Crippen molar-refractivity contribution in [2.24, 2.45) is 11.8 Å². The molecule has 1 aliphatic carbocycles. The van der Waals surface area contributed by atoms with Gasteiger partial charge in [0.2, 0.25) is 0 Å². The molecule has 1 atom stereocenters. The predicted molar refractivity (Wildman–Crippen MR) is 120 cm³/mol. The van der Waals surface area contributed by atoms with E-state index in [2.05, 4.69) is 24.5 Å². The molecule has 2 aliphatic heterocycles. The van der Waals surface area contributed by atoms with Gasteiger partial charge in [0.15, 0.2) is 22.7 Å². The van der Waals surface area contributed by atoms with Crippen molar-refractivity contribution in [3.8, 4) is 22.8 Å². The van der Waals surface area contributed by atoms with Gasteiger partial charge in [-0.3, -0.25) is 9.59 Å². The van der Waals surface area contributed by atoms with Crippen LogP contribution in [0.5, 0.6) is 11.5 Å². The van der Waals surface area contributed by atoms with Crippen molar-refractivity contribution in [1.82, 2.24) is 4.57 Å². The average molecular weight is 422 g/mol. The minimum Gasteiger partial charge on any atom is -0.489 e. The number of aromatic nitrogens is 1. The first-order valence-electron chi connectivity index (χ1n) is 11.7. The quantitative estimate of drug-likeness (QED) is 0.639. The number of carbonyl (C=O) groups is 1. The summed E-state index contributed by atoms with van der Waals surface area (Å²) in [6.07, 6.45) is 8.55. The molecule has 0 bridgehead atoms. The fourth-order valence-electron chi connectivity index (χ4n) is 5.55. The number of hydrogen-bond donors (Lipinski definition) is 0. The summed E-state index contributed by atoms with van der Waals surface area (Å²) in [5.74, 6) is 2.52. The van der Waals surface area contributed by atoms with Gasteiger partial charge in [0.1, 0.15) is 0 Å². The Morgan fingerprint density at radius 3 is 2.74 bits per heavy atom. The van der Waals surface area contributed by atoms with Crippen LogP contribution in [0.2, 0.25) is 0 Å². The van der Waals surface area contributed by atoms with Gasteiger partial charge < -0.3 is 14.0 Å². The van der Waals surface area contributed by atoms with Crippen molar-refractivity contribution in [2.45, 2.75) is 65.3 Å². The highest BCUT2D eigenvalue weighted by Crippen LogP contribution is 2.48. The first kappa shape index (κ1) is 20.3. The molecule has 164 valence electrons. The van der Waals surface area contributed by atoms with Crippen LogP contribution in [0.25, 0.3) is 11.3 Å². The van der Waals surface area contributed by atoms with Gasteiger partial charge in [0.05, 0.1) is 24.5 Å². The van der Waals surface area contributed by atoms with Crippen LogP contribution in [0, 0.1) is 11.8 Å². The molecule has 1 fully saturated rings. The number of nitrogens with zero attached hydrogens (tertiary/aromatic N) is 1. The SMILES string of the molecule is CC(=O)c1cn2c(cc1=O)-c1c(cc(OCC3CCCC3)c3c1CCO3)CC2C(C)C. The van der Waals surface area contributed by atoms with E-state index in [-0.39, 0.29) is 22.8 Å². The van der Waals surface area contributed by atoms with Crippen LogP contribution in [0.1, 0.15) is 74.0 Å². The Hall–Kier alpha value is -2.56. The third-order valence-electron chi connectivity index (χ3n) is 7.24. The van der Waals surface area contributed by atoms with Crippen LogP contribution in [-0.4, -0.2) is 23.6 Å². The van der Waals surface area contributed by atoms with Crippen molar-refractivity contribution in [2.75, 3.05) is 13.2 Å². The van der Waals surface area contributed by atoms with Gasteiger partial charge >= 0.3 is 0 Å². The summed E-state index contributed by atoms with van der Waals surface area (Å²) in [4.78, 5) is 24.8. The zero-order chi connectivity index (χ0) is 21.7. The molecule has 5 nitrogen and oxygen atoms in total. The Morgan fingerprint density at radius 2 is 2.03 bits per heavy atom. The average Bonchev–Trinajstić information content (AvgIpc) is 3.42. The van der Waals surface area contributed by atoms with Gasteiger partial charge in [-0.25, -0.2) is 0 Å². The molecule has 1 saturated carbocycles. The molecule has 5 heteroatoms.